The van der Waals surface area contributed by atoms with Crippen molar-refractivity contribution in [2.45, 2.75) is 39.9 Å². The van der Waals surface area contributed by atoms with Crippen molar-refractivity contribution in [1.82, 2.24) is 10.2 Å². The molecular weight excluding hydrogens is 331 g/mol. The van der Waals surface area contributed by atoms with E-state index in [2.05, 4.69) is 17.4 Å². The highest BCUT2D eigenvalue weighted by atomic mass is 19.1. The number of likely N-dealkylation sites (N-methyl/N-ethyl adjacent to an activating group) is 1. The maximum absolute atomic E-state index is 12.9. The molecule has 5 heteroatoms. The maximum atomic E-state index is 12.9. The summed E-state index contributed by atoms with van der Waals surface area (Å²) in [5, 5.41) is 2.90. The van der Waals surface area contributed by atoms with Crippen LogP contribution in [0.3, 0.4) is 0 Å². The molecule has 0 radical (unpaired) electrons. The van der Waals surface area contributed by atoms with Crippen molar-refractivity contribution >= 4 is 5.91 Å². The minimum absolute atomic E-state index is 0.0567. The van der Waals surface area contributed by atoms with E-state index in [1.807, 2.05) is 32.7 Å². The van der Waals surface area contributed by atoms with Gasteiger partial charge < -0.3 is 10.1 Å². The first-order valence-corrected chi connectivity index (χ1v) is 8.68. The number of nitrogens with zero attached hydrogens (tertiary/aromatic N) is 1. The molecule has 0 aliphatic rings. The summed E-state index contributed by atoms with van der Waals surface area (Å²) in [6.07, 6.45) is 0. The van der Waals surface area contributed by atoms with Gasteiger partial charge in [-0.2, -0.15) is 0 Å². The number of amides is 1. The van der Waals surface area contributed by atoms with Crippen molar-refractivity contribution in [1.29, 1.82) is 0 Å². The fourth-order valence-corrected chi connectivity index (χ4v) is 3.02. The van der Waals surface area contributed by atoms with E-state index in [4.69, 9.17) is 4.74 Å². The number of aryl methyl sites for hydroxylation is 2. The highest BCUT2D eigenvalue weighted by Crippen LogP contribution is 2.25. The van der Waals surface area contributed by atoms with Gasteiger partial charge in [-0.3, -0.25) is 9.69 Å². The number of ether oxygens (including phenoxy) is 1. The molecule has 4 nitrogen and oxygen atoms in total. The molecule has 0 bridgehead atoms. The predicted molar refractivity (Wildman–Crippen MR) is 102 cm³/mol. The lowest BCUT2D eigenvalue weighted by Gasteiger charge is -2.24. The molecule has 0 heterocycles. The summed E-state index contributed by atoms with van der Waals surface area (Å²) in [5.41, 5.74) is 4.19. The number of hydrogen-bond donors (Lipinski definition) is 1. The molecule has 2 rings (SSSR count). The summed E-state index contributed by atoms with van der Waals surface area (Å²) in [4.78, 5) is 14.4. The van der Waals surface area contributed by atoms with Crippen molar-refractivity contribution in [3.8, 4) is 5.75 Å². The first kappa shape index (κ1) is 19.9. The van der Waals surface area contributed by atoms with Gasteiger partial charge in [0.05, 0.1) is 13.2 Å². The van der Waals surface area contributed by atoms with Gasteiger partial charge in [-0.05, 0) is 62.2 Å². The SMILES string of the molecule is COc1c(C)cc(CN(C)C(C)C(=O)NCc2ccc(F)cc2)cc1C. The normalized spacial score (nSPS) is 12.1. The van der Waals surface area contributed by atoms with Crippen LogP contribution >= 0.6 is 0 Å². The lowest BCUT2D eigenvalue weighted by Crippen LogP contribution is -2.42. The Bertz CT molecular complexity index is 736. The summed E-state index contributed by atoms with van der Waals surface area (Å²) >= 11 is 0. The third-order valence-corrected chi connectivity index (χ3v) is 4.58. The number of hydrogen-bond acceptors (Lipinski definition) is 3. The maximum Gasteiger partial charge on any atom is 0.237 e. The van der Waals surface area contributed by atoms with E-state index in [-0.39, 0.29) is 17.8 Å². The van der Waals surface area contributed by atoms with Crippen molar-refractivity contribution in [2.24, 2.45) is 0 Å². The molecule has 1 atom stereocenters. The van der Waals surface area contributed by atoms with E-state index >= 15 is 0 Å². The van der Waals surface area contributed by atoms with Gasteiger partial charge in [0.1, 0.15) is 11.6 Å². The van der Waals surface area contributed by atoms with E-state index in [1.54, 1.807) is 19.2 Å². The van der Waals surface area contributed by atoms with Crippen LogP contribution in [-0.2, 0) is 17.9 Å². The Morgan fingerprint density at radius 1 is 1.15 bits per heavy atom. The summed E-state index contributed by atoms with van der Waals surface area (Å²) in [6.45, 7) is 6.97. The third-order valence-electron chi connectivity index (χ3n) is 4.58. The molecule has 0 fully saturated rings. The Kier molecular flexibility index (Phi) is 6.75. The van der Waals surface area contributed by atoms with Crippen LogP contribution in [0.15, 0.2) is 36.4 Å². The van der Waals surface area contributed by atoms with Crippen LogP contribution in [0.4, 0.5) is 4.39 Å². The summed E-state index contributed by atoms with van der Waals surface area (Å²) in [7, 11) is 3.60. The first-order chi connectivity index (χ1) is 12.3. The number of nitrogens with one attached hydrogen (secondary N) is 1. The molecule has 140 valence electrons. The molecule has 0 saturated heterocycles. The molecule has 2 aromatic carbocycles. The second-order valence-electron chi connectivity index (χ2n) is 6.70. The fourth-order valence-electron chi connectivity index (χ4n) is 3.02. The lowest BCUT2D eigenvalue weighted by molar-refractivity contribution is -0.125. The van der Waals surface area contributed by atoms with Gasteiger partial charge in [0.2, 0.25) is 5.91 Å². The topological polar surface area (TPSA) is 41.6 Å². The summed E-state index contributed by atoms with van der Waals surface area (Å²) < 4.78 is 18.3. The number of carbonyl (C=O) groups is 1. The Hall–Kier alpha value is -2.40. The van der Waals surface area contributed by atoms with Crippen LogP contribution in [-0.4, -0.2) is 31.0 Å². The van der Waals surface area contributed by atoms with Crippen molar-refractivity contribution < 1.29 is 13.9 Å². The van der Waals surface area contributed by atoms with Crippen LogP contribution in [0, 0.1) is 19.7 Å². The van der Waals surface area contributed by atoms with Gasteiger partial charge in [-0.25, -0.2) is 4.39 Å². The highest BCUT2D eigenvalue weighted by molar-refractivity contribution is 5.81. The number of halogens is 1. The summed E-state index contributed by atoms with van der Waals surface area (Å²) in [6, 6.07) is 10.0. The fraction of sp³-hybridized carbons (Fsp3) is 0.381. The van der Waals surface area contributed by atoms with Crippen LogP contribution in [0.2, 0.25) is 0 Å². The van der Waals surface area contributed by atoms with Crippen molar-refractivity contribution in [2.75, 3.05) is 14.2 Å². The number of carbonyl (C=O) groups excluding carboxylic acids is 1. The van der Waals surface area contributed by atoms with E-state index in [1.165, 1.54) is 12.1 Å². The standard InChI is InChI=1S/C21H27FN2O2/c1-14-10-18(11-15(2)20(14)26-5)13-24(4)16(3)21(25)23-12-17-6-8-19(22)9-7-17/h6-11,16H,12-13H2,1-5H3,(H,23,25). The highest BCUT2D eigenvalue weighted by Gasteiger charge is 2.18. The molecule has 0 saturated carbocycles. The molecule has 0 aromatic heterocycles. The molecule has 26 heavy (non-hydrogen) atoms. The van der Waals surface area contributed by atoms with E-state index in [0.717, 1.165) is 28.0 Å². The van der Waals surface area contributed by atoms with Gasteiger partial charge in [0, 0.05) is 13.1 Å². The van der Waals surface area contributed by atoms with Gasteiger partial charge in [0.15, 0.2) is 0 Å². The second-order valence-corrected chi connectivity index (χ2v) is 6.70. The molecule has 1 unspecified atom stereocenters. The molecular formula is C21H27FN2O2. The monoisotopic (exact) mass is 358 g/mol. The Morgan fingerprint density at radius 3 is 2.27 bits per heavy atom. The van der Waals surface area contributed by atoms with Crippen molar-refractivity contribution in [3.63, 3.8) is 0 Å². The quantitative estimate of drug-likeness (QED) is 0.822. The second kappa shape index (κ2) is 8.81. The van der Waals surface area contributed by atoms with E-state index < -0.39 is 0 Å². The number of benzene rings is 2. The minimum atomic E-state index is -0.279. The minimum Gasteiger partial charge on any atom is -0.496 e. The predicted octanol–water partition coefficient (Wildman–Crippen LogP) is 3.59. The van der Waals surface area contributed by atoms with Crippen LogP contribution < -0.4 is 10.1 Å². The number of methoxy groups -OCH3 is 1. The third kappa shape index (κ3) is 5.05. The van der Waals surface area contributed by atoms with Crippen molar-refractivity contribution in [3.05, 3.63) is 64.5 Å². The zero-order valence-corrected chi connectivity index (χ0v) is 16.1. The lowest BCUT2D eigenvalue weighted by atomic mass is 10.0. The van der Waals surface area contributed by atoms with Crippen LogP contribution in [0.5, 0.6) is 5.75 Å². The average Bonchev–Trinajstić information content (AvgIpc) is 2.60. The van der Waals surface area contributed by atoms with E-state index in [9.17, 15) is 9.18 Å². The first-order valence-electron chi connectivity index (χ1n) is 8.68. The molecule has 1 amide bonds. The smallest absolute Gasteiger partial charge is 0.237 e. The molecule has 0 aliphatic heterocycles. The largest absolute Gasteiger partial charge is 0.496 e. The molecule has 0 spiro atoms. The van der Waals surface area contributed by atoms with Crippen LogP contribution in [0.25, 0.3) is 0 Å². The Labute approximate surface area is 155 Å². The van der Waals surface area contributed by atoms with E-state index in [0.29, 0.717) is 13.1 Å². The molecule has 1 N–H and O–H groups in total. The Balaban J connectivity index is 1.94. The summed E-state index contributed by atoms with van der Waals surface area (Å²) in [5.74, 6) is 0.568. The zero-order chi connectivity index (χ0) is 19.3. The van der Waals surface area contributed by atoms with Gasteiger partial charge >= 0.3 is 0 Å². The van der Waals surface area contributed by atoms with Gasteiger partial charge in [0.25, 0.3) is 0 Å². The van der Waals surface area contributed by atoms with Gasteiger partial charge in [-0.15, -0.1) is 0 Å². The Morgan fingerprint density at radius 2 is 1.73 bits per heavy atom. The number of rotatable bonds is 7. The molecule has 0 aliphatic carbocycles. The van der Waals surface area contributed by atoms with Crippen LogP contribution in [0.1, 0.15) is 29.2 Å². The van der Waals surface area contributed by atoms with Gasteiger partial charge in [-0.1, -0.05) is 24.3 Å². The molecule has 2 aromatic rings. The average molecular weight is 358 g/mol. The zero-order valence-electron chi connectivity index (χ0n) is 16.1.